The quantitative estimate of drug-likeness (QED) is 0.719. The smallest absolute Gasteiger partial charge is 0.164 e. The molecule has 0 amide bonds. The number of hydrogen-bond donors (Lipinski definition) is 0. The maximum atomic E-state index is 14.0. The van der Waals surface area contributed by atoms with Gasteiger partial charge in [-0.1, -0.05) is 8.58 Å². The first-order chi connectivity index (χ1) is 8.34. The van der Waals surface area contributed by atoms with E-state index in [1.165, 1.54) is 6.07 Å². The second-order valence-corrected chi connectivity index (χ2v) is 5.54. The van der Waals surface area contributed by atoms with Crippen molar-refractivity contribution in [3.05, 3.63) is 17.9 Å². The molecule has 92 valence electrons. The molecule has 1 fully saturated rings. The van der Waals surface area contributed by atoms with E-state index in [4.69, 9.17) is 9.47 Å². The van der Waals surface area contributed by atoms with Crippen molar-refractivity contribution < 1.29 is 13.9 Å². The van der Waals surface area contributed by atoms with Crippen LogP contribution in [0.3, 0.4) is 0 Å². The molecule has 1 aromatic rings. The Balaban J connectivity index is 1.96. The molecule has 17 heavy (non-hydrogen) atoms. The summed E-state index contributed by atoms with van der Waals surface area (Å²) in [4.78, 5) is 2.09. The van der Waals surface area contributed by atoms with E-state index in [9.17, 15) is 4.39 Å². The van der Waals surface area contributed by atoms with Gasteiger partial charge in [0.2, 0.25) is 0 Å². The maximum Gasteiger partial charge on any atom is 0.164 e. The van der Waals surface area contributed by atoms with E-state index in [-0.39, 0.29) is 5.82 Å². The number of rotatable bonds is 1. The van der Waals surface area contributed by atoms with Gasteiger partial charge in [0.15, 0.2) is 11.5 Å². The molecule has 2 heterocycles. The van der Waals surface area contributed by atoms with Crippen molar-refractivity contribution >= 4 is 14.3 Å². The third kappa shape index (κ3) is 2.19. The monoisotopic (exact) mass is 255 g/mol. The molecule has 0 bridgehead atoms. The molecule has 3 rings (SSSR count). The van der Waals surface area contributed by atoms with E-state index in [0.717, 1.165) is 34.0 Å². The zero-order valence-corrected chi connectivity index (χ0v) is 10.5. The number of benzene rings is 1. The van der Waals surface area contributed by atoms with E-state index < -0.39 is 0 Å². The predicted octanol–water partition coefficient (Wildman–Crippen LogP) is 2.44. The third-order valence-electron chi connectivity index (χ3n) is 3.02. The van der Waals surface area contributed by atoms with Crippen LogP contribution in [0.1, 0.15) is 6.42 Å². The van der Waals surface area contributed by atoms with Crippen LogP contribution in [0.2, 0.25) is 0 Å². The molecule has 2 aliphatic rings. The van der Waals surface area contributed by atoms with Gasteiger partial charge in [0.05, 0.1) is 18.9 Å². The van der Waals surface area contributed by atoms with Crippen molar-refractivity contribution in [2.45, 2.75) is 6.42 Å². The van der Waals surface area contributed by atoms with Crippen molar-refractivity contribution in [3.8, 4) is 11.5 Å². The molecule has 1 unspecified atom stereocenters. The van der Waals surface area contributed by atoms with E-state index in [0.29, 0.717) is 30.4 Å². The molecule has 1 saturated heterocycles. The highest BCUT2D eigenvalue weighted by Gasteiger charge is 2.20. The number of hydrogen-bond acceptors (Lipinski definition) is 3. The average molecular weight is 255 g/mol. The van der Waals surface area contributed by atoms with Gasteiger partial charge >= 0.3 is 0 Å². The molecule has 0 radical (unpaired) electrons. The summed E-state index contributed by atoms with van der Waals surface area (Å²) in [6.45, 7) is 2.17. The van der Waals surface area contributed by atoms with Crippen molar-refractivity contribution in [3.63, 3.8) is 0 Å². The summed E-state index contributed by atoms with van der Waals surface area (Å²) in [5, 5.41) is 0. The Morgan fingerprint density at radius 2 is 1.94 bits per heavy atom. The molecular weight excluding hydrogens is 240 g/mol. The van der Waals surface area contributed by atoms with Crippen LogP contribution in [0, 0.1) is 5.82 Å². The molecule has 5 heteroatoms. The molecular formula is C12H15FNO2P. The van der Waals surface area contributed by atoms with Crippen LogP contribution in [-0.4, -0.2) is 32.2 Å². The van der Waals surface area contributed by atoms with Gasteiger partial charge in [-0.15, -0.1) is 0 Å². The lowest BCUT2D eigenvalue weighted by atomic mass is 10.2. The van der Waals surface area contributed by atoms with Gasteiger partial charge in [-0.05, 0) is 6.16 Å². The molecule has 0 aliphatic carbocycles. The van der Waals surface area contributed by atoms with Crippen molar-refractivity contribution in [1.29, 1.82) is 0 Å². The van der Waals surface area contributed by atoms with Crippen molar-refractivity contribution in [2.24, 2.45) is 0 Å². The number of fused-ring (bicyclic) bond motifs is 1. The van der Waals surface area contributed by atoms with Crippen molar-refractivity contribution in [2.75, 3.05) is 37.1 Å². The third-order valence-corrected chi connectivity index (χ3v) is 4.20. The van der Waals surface area contributed by atoms with Crippen LogP contribution in [0.15, 0.2) is 12.1 Å². The largest absolute Gasteiger partial charge is 0.489 e. The lowest BCUT2D eigenvalue weighted by Crippen LogP contribution is -2.19. The first-order valence-corrected chi connectivity index (χ1v) is 7.31. The summed E-state index contributed by atoms with van der Waals surface area (Å²) < 4.78 is 25.0. The molecule has 2 aliphatic heterocycles. The molecule has 0 aromatic heterocycles. The fraction of sp³-hybridized carbons (Fsp3) is 0.500. The number of anilines is 1. The minimum absolute atomic E-state index is 0.207. The normalized spacial score (nSPS) is 20.6. The molecule has 0 saturated carbocycles. The van der Waals surface area contributed by atoms with Gasteiger partial charge in [0, 0.05) is 31.4 Å². The minimum atomic E-state index is -0.207. The average Bonchev–Trinajstić information content (AvgIpc) is 2.75. The van der Waals surface area contributed by atoms with Gasteiger partial charge in [-0.2, -0.15) is 0 Å². The first-order valence-electron chi connectivity index (χ1n) is 5.89. The lowest BCUT2D eigenvalue weighted by Gasteiger charge is -2.19. The lowest BCUT2D eigenvalue weighted by molar-refractivity contribution is 0.296. The molecule has 1 atom stereocenters. The molecule has 1 aromatic carbocycles. The second kappa shape index (κ2) is 4.69. The summed E-state index contributed by atoms with van der Waals surface area (Å²) in [6, 6.07) is 3.24. The maximum absolute atomic E-state index is 14.0. The SMILES string of the molecule is Fc1cc2c(cc1N1CCPC1)OCCCO2. The molecule has 0 spiro atoms. The van der Waals surface area contributed by atoms with Crippen LogP contribution < -0.4 is 14.4 Å². The second-order valence-electron chi connectivity index (χ2n) is 4.22. The Hall–Kier alpha value is -1.02. The summed E-state index contributed by atoms with van der Waals surface area (Å²) in [7, 11) is 0.906. The topological polar surface area (TPSA) is 21.7 Å². The van der Waals surface area contributed by atoms with Gasteiger partial charge in [-0.3, -0.25) is 0 Å². The highest BCUT2D eigenvalue weighted by Crippen LogP contribution is 2.38. The summed E-state index contributed by atoms with van der Waals surface area (Å²) in [6.07, 6.45) is 2.96. The van der Waals surface area contributed by atoms with E-state index in [1.807, 2.05) is 0 Å². The zero-order chi connectivity index (χ0) is 11.7. The van der Waals surface area contributed by atoms with E-state index in [2.05, 4.69) is 4.90 Å². The van der Waals surface area contributed by atoms with Crippen LogP contribution in [0.5, 0.6) is 11.5 Å². The fourth-order valence-corrected chi connectivity index (χ4v) is 3.31. The highest BCUT2D eigenvalue weighted by atomic mass is 31.1. The standard InChI is InChI=1S/C12H15FNO2P/c13-9-6-11-12(16-4-1-3-15-11)7-10(9)14-2-5-17-8-14/h6-7,17H,1-5,8H2. The minimum Gasteiger partial charge on any atom is -0.489 e. The fourth-order valence-electron chi connectivity index (χ4n) is 2.13. The van der Waals surface area contributed by atoms with Gasteiger partial charge < -0.3 is 14.4 Å². The van der Waals surface area contributed by atoms with Crippen LogP contribution in [0.4, 0.5) is 10.1 Å². The van der Waals surface area contributed by atoms with Crippen molar-refractivity contribution in [1.82, 2.24) is 0 Å². The first kappa shape index (κ1) is 11.1. The molecule has 3 nitrogen and oxygen atoms in total. The number of ether oxygens (including phenoxy) is 2. The summed E-state index contributed by atoms with van der Waals surface area (Å²) in [5.41, 5.74) is 0.652. The Kier molecular flexibility index (Phi) is 3.06. The van der Waals surface area contributed by atoms with Gasteiger partial charge in [0.25, 0.3) is 0 Å². The van der Waals surface area contributed by atoms with Gasteiger partial charge in [-0.25, -0.2) is 4.39 Å². The Bertz CT molecular complexity index is 421. The Labute approximate surface area is 102 Å². The van der Waals surface area contributed by atoms with Gasteiger partial charge in [0.1, 0.15) is 5.82 Å². The zero-order valence-electron chi connectivity index (χ0n) is 9.54. The van der Waals surface area contributed by atoms with Crippen LogP contribution >= 0.6 is 8.58 Å². The van der Waals surface area contributed by atoms with Crippen LogP contribution in [-0.2, 0) is 0 Å². The van der Waals surface area contributed by atoms with E-state index >= 15 is 0 Å². The Morgan fingerprint density at radius 1 is 1.18 bits per heavy atom. The Morgan fingerprint density at radius 3 is 2.65 bits per heavy atom. The number of nitrogens with zero attached hydrogens (tertiary/aromatic N) is 1. The highest BCUT2D eigenvalue weighted by molar-refractivity contribution is 7.38. The predicted molar refractivity (Wildman–Crippen MR) is 67.4 cm³/mol. The molecule has 0 N–H and O–H groups in total. The summed E-state index contributed by atoms with van der Waals surface area (Å²) >= 11 is 0. The van der Waals surface area contributed by atoms with Crippen LogP contribution in [0.25, 0.3) is 0 Å². The summed E-state index contributed by atoms with van der Waals surface area (Å²) in [5.74, 6) is 1.00. The van der Waals surface area contributed by atoms with E-state index in [1.54, 1.807) is 6.07 Å². The number of halogens is 1.